The Morgan fingerprint density at radius 2 is 2.16 bits per heavy atom. The van der Waals surface area contributed by atoms with Crippen molar-refractivity contribution in [1.82, 2.24) is 10.2 Å². The van der Waals surface area contributed by atoms with Crippen molar-refractivity contribution in [3.8, 4) is 0 Å². The van der Waals surface area contributed by atoms with Crippen molar-refractivity contribution in [2.24, 2.45) is 0 Å². The van der Waals surface area contributed by atoms with Crippen LogP contribution < -0.4 is 5.32 Å². The second-order valence-corrected chi connectivity index (χ2v) is 8.19. The average molecular weight is 377 g/mol. The summed E-state index contributed by atoms with van der Waals surface area (Å²) >= 11 is 3.45. The first-order valence-electron chi connectivity index (χ1n) is 8.55. The van der Waals surface area contributed by atoms with Gasteiger partial charge in [-0.2, -0.15) is 23.1 Å². The lowest BCUT2D eigenvalue weighted by Gasteiger charge is -2.29. The monoisotopic (exact) mass is 376 g/mol. The Morgan fingerprint density at radius 3 is 2.84 bits per heavy atom. The number of rotatable bonds is 7. The molecule has 3 rings (SSSR count). The number of thiophene rings is 1. The quantitative estimate of drug-likeness (QED) is 0.780. The summed E-state index contributed by atoms with van der Waals surface area (Å²) in [5.41, 5.74) is 1.96. The molecule has 2 atom stereocenters. The summed E-state index contributed by atoms with van der Waals surface area (Å²) in [6.07, 6.45) is -0.163. The third-order valence-corrected chi connectivity index (χ3v) is 6.14. The van der Waals surface area contributed by atoms with Gasteiger partial charge in [-0.15, -0.1) is 0 Å². The number of nitrogens with one attached hydrogen (secondary N) is 1. The van der Waals surface area contributed by atoms with Gasteiger partial charge in [-0.05, 0) is 28.0 Å². The first-order chi connectivity index (χ1) is 12.2. The second kappa shape index (κ2) is 9.38. The number of amides is 1. The van der Waals surface area contributed by atoms with Crippen LogP contribution in [0.2, 0.25) is 0 Å². The molecule has 0 radical (unpaired) electrons. The molecular formula is C19H24N2O2S2. The molecule has 1 aliphatic heterocycles. The smallest absolute Gasteiger partial charge is 0.224 e. The Morgan fingerprint density at radius 1 is 1.32 bits per heavy atom. The van der Waals surface area contributed by atoms with Crippen LogP contribution in [0.15, 0.2) is 47.2 Å². The molecule has 134 valence electrons. The Kier molecular flexibility index (Phi) is 6.93. The number of carbonyl (C=O) groups excluding carboxylic acids is 1. The van der Waals surface area contributed by atoms with E-state index in [0.29, 0.717) is 19.5 Å². The van der Waals surface area contributed by atoms with Crippen molar-refractivity contribution < 1.29 is 9.90 Å². The van der Waals surface area contributed by atoms with Crippen molar-refractivity contribution in [3.63, 3.8) is 0 Å². The van der Waals surface area contributed by atoms with Crippen LogP contribution in [0, 0.1) is 0 Å². The zero-order valence-electron chi connectivity index (χ0n) is 14.1. The minimum absolute atomic E-state index is 0.0955. The molecule has 0 aliphatic carbocycles. The first kappa shape index (κ1) is 18.5. The van der Waals surface area contributed by atoms with Gasteiger partial charge >= 0.3 is 0 Å². The van der Waals surface area contributed by atoms with E-state index >= 15 is 0 Å². The van der Waals surface area contributed by atoms with E-state index in [1.54, 1.807) is 16.2 Å². The highest BCUT2D eigenvalue weighted by molar-refractivity contribution is 7.99. The fourth-order valence-corrected chi connectivity index (χ4v) is 4.58. The van der Waals surface area contributed by atoms with Gasteiger partial charge in [0.05, 0.1) is 12.6 Å². The Hall–Kier alpha value is -1.34. The zero-order valence-corrected chi connectivity index (χ0v) is 15.8. The standard InChI is InChI=1S/C19H24N2O2S2/c22-18(16-6-8-24-13-16)12-21(11-15-4-2-1-3-5-15)19(23)10-17-14-25-9-7-20-17/h1-6,8,13,17-18,20,22H,7,9-12,14H2. The lowest BCUT2D eigenvalue weighted by atomic mass is 10.1. The molecule has 1 aromatic heterocycles. The summed E-state index contributed by atoms with van der Waals surface area (Å²) in [4.78, 5) is 14.7. The van der Waals surface area contributed by atoms with Gasteiger partial charge in [0.2, 0.25) is 5.91 Å². The number of hydrogen-bond acceptors (Lipinski definition) is 5. The predicted molar refractivity (Wildman–Crippen MR) is 105 cm³/mol. The van der Waals surface area contributed by atoms with E-state index in [2.05, 4.69) is 5.32 Å². The zero-order chi connectivity index (χ0) is 17.5. The van der Waals surface area contributed by atoms with Gasteiger partial charge in [-0.25, -0.2) is 0 Å². The van der Waals surface area contributed by atoms with Crippen LogP contribution >= 0.6 is 23.1 Å². The fraction of sp³-hybridized carbons (Fsp3) is 0.421. The molecule has 1 saturated heterocycles. The summed E-state index contributed by atoms with van der Waals surface area (Å²) in [6.45, 7) is 1.81. The third-order valence-electron chi connectivity index (χ3n) is 4.31. The highest BCUT2D eigenvalue weighted by atomic mass is 32.2. The van der Waals surface area contributed by atoms with Gasteiger partial charge in [-0.3, -0.25) is 4.79 Å². The van der Waals surface area contributed by atoms with Gasteiger partial charge in [0, 0.05) is 37.1 Å². The van der Waals surface area contributed by atoms with E-state index in [1.807, 2.05) is 58.9 Å². The molecule has 1 amide bonds. The fourth-order valence-electron chi connectivity index (χ4n) is 2.93. The third kappa shape index (κ3) is 5.57. The van der Waals surface area contributed by atoms with Crippen LogP contribution in [0.4, 0.5) is 0 Å². The molecule has 0 bridgehead atoms. The Labute approximate surface area is 157 Å². The average Bonchev–Trinajstić information content (AvgIpc) is 3.18. The topological polar surface area (TPSA) is 52.6 Å². The minimum Gasteiger partial charge on any atom is -0.387 e. The van der Waals surface area contributed by atoms with E-state index in [-0.39, 0.29) is 11.9 Å². The van der Waals surface area contributed by atoms with E-state index in [9.17, 15) is 9.90 Å². The summed E-state index contributed by atoms with van der Waals surface area (Å²) < 4.78 is 0. The summed E-state index contributed by atoms with van der Waals surface area (Å²) in [6, 6.07) is 12.1. The molecule has 1 aliphatic rings. The maximum Gasteiger partial charge on any atom is 0.224 e. The van der Waals surface area contributed by atoms with Crippen molar-refractivity contribution in [1.29, 1.82) is 0 Å². The number of nitrogens with zero attached hydrogens (tertiary/aromatic N) is 1. The predicted octanol–water partition coefficient (Wildman–Crippen LogP) is 2.91. The Balaban J connectivity index is 1.67. The lowest BCUT2D eigenvalue weighted by Crippen LogP contribution is -2.43. The van der Waals surface area contributed by atoms with Crippen molar-refractivity contribution in [3.05, 3.63) is 58.3 Å². The normalized spacial score (nSPS) is 18.7. The summed E-state index contributed by atoms with van der Waals surface area (Å²) in [5, 5.41) is 17.8. The van der Waals surface area contributed by atoms with E-state index in [1.165, 1.54) is 0 Å². The molecule has 2 aromatic rings. The number of hydrogen-bond donors (Lipinski definition) is 2. The van der Waals surface area contributed by atoms with E-state index < -0.39 is 6.10 Å². The molecule has 2 heterocycles. The number of carbonyl (C=O) groups is 1. The SMILES string of the molecule is O=C(CC1CSCCN1)N(Cc1ccccc1)CC(O)c1ccsc1. The maximum atomic E-state index is 12.9. The molecule has 4 nitrogen and oxygen atoms in total. The molecule has 2 unspecified atom stereocenters. The molecule has 0 saturated carbocycles. The molecule has 1 fully saturated rings. The molecule has 2 N–H and O–H groups in total. The number of aliphatic hydroxyl groups is 1. The Bertz CT molecular complexity index is 643. The highest BCUT2D eigenvalue weighted by Crippen LogP contribution is 2.20. The molecule has 25 heavy (non-hydrogen) atoms. The van der Waals surface area contributed by atoms with E-state index in [4.69, 9.17) is 0 Å². The summed E-state index contributed by atoms with van der Waals surface area (Å²) in [5.74, 6) is 2.17. The van der Waals surface area contributed by atoms with E-state index in [0.717, 1.165) is 29.2 Å². The largest absolute Gasteiger partial charge is 0.387 e. The van der Waals surface area contributed by atoms with Crippen LogP contribution in [0.25, 0.3) is 0 Å². The van der Waals surface area contributed by atoms with Gasteiger partial charge in [0.15, 0.2) is 0 Å². The van der Waals surface area contributed by atoms with Crippen molar-refractivity contribution in [2.75, 3.05) is 24.6 Å². The van der Waals surface area contributed by atoms with Gasteiger partial charge in [-0.1, -0.05) is 30.3 Å². The minimum atomic E-state index is -0.646. The molecule has 1 aromatic carbocycles. The van der Waals surface area contributed by atoms with Crippen LogP contribution in [-0.4, -0.2) is 46.6 Å². The van der Waals surface area contributed by atoms with Crippen LogP contribution in [0.1, 0.15) is 23.7 Å². The van der Waals surface area contributed by atoms with Crippen molar-refractivity contribution >= 4 is 29.0 Å². The van der Waals surface area contributed by atoms with Crippen LogP contribution in [0.3, 0.4) is 0 Å². The van der Waals surface area contributed by atoms with Gasteiger partial charge in [0.1, 0.15) is 0 Å². The van der Waals surface area contributed by atoms with Gasteiger partial charge < -0.3 is 15.3 Å². The molecule has 0 spiro atoms. The second-order valence-electron chi connectivity index (χ2n) is 6.26. The molecule has 6 heteroatoms. The lowest BCUT2D eigenvalue weighted by molar-refractivity contribution is -0.133. The number of benzene rings is 1. The van der Waals surface area contributed by atoms with Crippen LogP contribution in [0.5, 0.6) is 0 Å². The van der Waals surface area contributed by atoms with Crippen LogP contribution in [-0.2, 0) is 11.3 Å². The summed E-state index contributed by atoms with van der Waals surface area (Å²) in [7, 11) is 0. The highest BCUT2D eigenvalue weighted by Gasteiger charge is 2.23. The first-order valence-corrected chi connectivity index (χ1v) is 10.6. The van der Waals surface area contributed by atoms with Crippen molar-refractivity contribution in [2.45, 2.75) is 25.1 Å². The molecular weight excluding hydrogens is 352 g/mol. The maximum absolute atomic E-state index is 12.9. The number of thioether (sulfide) groups is 1. The van der Waals surface area contributed by atoms with Gasteiger partial charge in [0.25, 0.3) is 0 Å². The number of aliphatic hydroxyl groups excluding tert-OH is 1.